The van der Waals surface area contributed by atoms with E-state index in [9.17, 15) is 9.59 Å². The van der Waals surface area contributed by atoms with Gasteiger partial charge in [-0.15, -0.1) is 5.10 Å². The van der Waals surface area contributed by atoms with Crippen LogP contribution in [0, 0.1) is 0 Å². The van der Waals surface area contributed by atoms with Crippen molar-refractivity contribution in [3.8, 4) is 0 Å². The van der Waals surface area contributed by atoms with Gasteiger partial charge in [-0.1, -0.05) is 4.49 Å². The zero-order chi connectivity index (χ0) is 19.5. The monoisotopic (exact) mass is 396 g/mol. The van der Waals surface area contributed by atoms with Crippen LogP contribution in [-0.4, -0.2) is 43.4 Å². The lowest BCUT2D eigenvalue weighted by Gasteiger charge is -2.12. The van der Waals surface area contributed by atoms with Gasteiger partial charge in [-0.05, 0) is 25.0 Å². The largest absolute Gasteiger partial charge is 0.354 e. The standard InChI is InChI=1S/C17H16N8O2S/c1-18-15(26)14-17(28-25-24-14)23-16(27)13-12(21-10-6-19-8-20-7-10)5-4-11(22-13)9-2-3-9/h4-9,21H,2-3H2,1H3,(H,18,26)(H,23,27). The number of amides is 2. The molecule has 0 unspecified atom stereocenters. The molecular formula is C17H16N8O2S. The summed E-state index contributed by atoms with van der Waals surface area (Å²) in [6, 6.07) is 3.72. The van der Waals surface area contributed by atoms with Crippen LogP contribution in [0.3, 0.4) is 0 Å². The van der Waals surface area contributed by atoms with Crippen molar-refractivity contribution >= 4 is 39.7 Å². The van der Waals surface area contributed by atoms with Crippen LogP contribution in [0.2, 0.25) is 0 Å². The quantitative estimate of drug-likeness (QED) is 0.575. The summed E-state index contributed by atoms with van der Waals surface area (Å²) in [7, 11) is 1.48. The molecule has 142 valence electrons. The number of carbonyl (C=O) groups excluding carboxylic acids is 2. The summed E-state index contributed by atoms with van der Waals surface area (Å²) in [4.78, 5) is 37.3. The van der Waals surface area contributed by atoms with Crippen LogP contribution in [0.4, 0.5) is 16.4 Å². The second kappa shape index (κ2) is 7.64. The van der Waals surface area contributed by atoms with E-state index in [1.807, 2.05) is 12.1 Å². The van der Waals surface area contributed by atoms with Crippen LogP contribution in [-0.2, 0) is 0 Å². The van der Waals surface area contributed by atoms with Crippen molar-refractivity contribution in [1.29, 1.82) is 0 Å². The van der Waals surface area contributed by atoms with E-state index < -0.39 is 11.8 Å². The first-order chi connectivity index (χ1) is 13.7. The first-order valence-electron chi connectivity index (χ1n) is 8.54. The Bertz CT molecular complexity index is 1020. The number of pyridine rings is 1. The maximum Gasteiger partial charge on any atom is 0.277 e. The fourth-order valence-corrected chi connectivity index (χ4v) is 3.14. The van der Waals surface area contributed by atoms with Gasteiger partial charge in [0.1, 0.15) is 11.3 Å². The third-order valence-electron chi connectivity index (χ3n) is 4.12. The first kappa shape index (κ1) is 17.9. The van der Waals surface area contributed by atoms with Crippen LogP contribution in [0.5, 0.6) is 0 Å². The Morgan fingerprint density at radius 3 is 2.61 bits per heavy atom. The number of aromatic nitrogens is 5. The Balaban J connectivity index is 1.64. The molecule has 11 heteroatoms. The number of hydrogen-bond acceptors (Lipinski definition) is 9. The molecule has 28 heavy (non-hydrogen) atoms. The summed E-state index contributed by atoms with van der Waals surface area (Å²) >= 11 is 0.927. The number of rotatable bonds is 6. The molecule has 3 heterocycles. The molecule has 4 rings (SSSR count). The van der Waals surface area contributed by atoms with Gasteiger partial charge >= 0.3 is 0 Å². The predicted molar refractivity (Wildman–Crippen MR) is 103 cm³/mol. The van der Waals surface area contributed by atoms with Crippen LogP contribution in [0.1, 0.15) is 45.4 Å². The van der Waals surface area contributed by atoms with E-state index in [0.717, 1.165) is 30.1 Å². The van der Waals surface area contributed by atoms with Crippen molar-refractivity contribution in [2.75, 3.05) is 17.7 Å². The van der Waals surface area contributed by atoms with Crippen molar-refractivity contribution < 1.29 is 9.59 Å². The fraction of sp³-hybridized carbons (Fsp3) is 0.235. The van der Waals surface area contributed by atoms with Crippen LogP contribution in [0.15, 0.2) is 30.9 Å². The van der Waals surface area contributed by atoms with Gasteiger partial charge in [0.05, 0.1) is 23.8 Å². The summed E-state index contributed by atoms with van der Waals surface area (Å²) in [6.07, 6.45) is 6.74. The maximum atomic E-state index is 13.0. The van der Waals surface area contributed by atoms with Gasteiger partial charge in [-0.2, -0.15) is 0 Å². The Morgan fingerprint density at radius 1 is 1.11 bits per heavy atom. The van der Waals surface area contributed by atoms with E-state index in [4.69, 9.17) is 0 Å². The molecule has 1 aliphatic carbocycles. The van der Waals surface area contributed by atoms with E-state index in [2.05, 4.69) is 40.5 Å². The average molecular weight is 396 g/mol. The lowest BCUT2D eigenvalue weighted by molar-refractivity contribution is 0.0959. The van der Waals surface area contributed by atoms with Gasteiger partial charge in [-0.25, -0.2) is 15.0 Å². The number of carbonyl (C=O) groups is 2. The highest BCUT2D eigenvalue weighted by Crippen LogP contribution is 2.39. The first-order valence-corrected chi connectivity index (χ1v) is 9.32. The molecule has 0 atom stereocenters. The molecule has 3 aromatic heterocycles. The van der Waals surface area contributed by atoms with Crippen LogP contribution >= 0.6 is 11.5 Å². The third kappa shape index (κ3) is 3.78. The molecule has 3 N–H and O–H groups in total. The number of hydrogen-bond donors (Lipinski definition) is 3. The molecule has 3 aromatic rings. The Hall–Kier alpha value is -3.47. The van der Waals surface area contributed by atoms with Crippen molar-refractivity contribution in [3.05, 3.63) is 47.9 Å². The molecule has 0 aromatic carbocycles. The minimum absolute atomic E-state index is 0.0603. The molecule has 1 saturated carbocycles. The smallest absolute Gasteiger partial charge is 0.277 e. The Labute approximate surface area is 164 Å². The minimum atomic E-state index is -0.460. The lowest BCUT2D eigenvalue weighted by Crippen LogP contribution is -2.22. The SMILES string of the molecule is CNC(=O)c1nnsc1NC(=O)c1nc(C2CC2)ccc1Nc1cncnc1. The molecule has 1 fully saturated rings. The molecule has 10 nitrogen and oxygen atoms in total. The Kier molecular flexibility index (Phi) is 4.89. The summed E-state index contributed by atoms with van der Waals surface area (Å²) in [5, 5.41) is 12.3. The summed E-state index contributed by atoms with van der Waals surface area (Å²) in [5.41, 5.74) is 2.28. The molecule has 1 aliphatic rings. The molecule has 0 saturated heterocycles. The van der Waals surface area contributed by atoms with Gasteiger partial charge in [0, 0.05) is 30.2 Å². The summed E-state index contributed by atoms with van der Waals surface area (Å²) in [5.74, 6) is -0.506. The van der Waals surface area contributed by atoms with Gasteiger partial charge in [0.2, 0.25) is 0 Å². The van der Waals surface area contributed by atoms with Gasteiger partial charge in [0.25, 0.3) is 11.8 Å². The van der Waals surface area contributed by atoms with E-state index in [1.54, 1.807) is 12.4 Å². The normalized spacial score (nSPS) is 13.0. The summed E-state index contributed by atoms with van der Waals surface area (Å²) < 4.78 is 3.75. The highest BCUT2D eigenvalue weighted by atomic mass is 32.1. The molecule has 0 spiro atoms. The fourth-order valence-electron chi connectivity index (χ4n) is 2.58. The van der Waals surface area contributed by atoms with E-state index in [0.29, 0.717) is 17.3 Å². The van der Waals surface area contributed by atoms with Crippen molar-refractivity contribution in [1.82, 2.24) is 29.9 Å². The highest BCUT2D eigenvalue weighted by molar-refractivity contribution is 7.10. The van der Waals surface area contributed by atoms with Crippen molar-refractivity contribution in [3.63, 3.8) is 0 Å². The topological polar surface area (TPSA) is 135 Å². The molecule has 0 radical (unpaired) electrons. The zero-order valence-electron chi connectivity index (χ0n) is 14.8. The number of nitrogens with one attached hydrogen (secondary N) is 3. The van der Waals surface area contributed by atoms with E-state index >= 15 is 0 Å². The second-order valence-corrected chi connectivity index (χ2v) is 6.90. The van der Waals surface area contributed by atoms with Gasteiger partial charge in [0.15, 0.2) is 11.4 Å². The molecule has 0 aliphatic heterocycles. The highest BCUT2D eigenvalue weighted by Gasteiger charge is 2.27. The van der Waals surface area contributed by atoms with Crippen molar-refractivity contribution in [2.24, 2.45) is 0 Å². The molecular weight excluding hydrogens is 380 g/mol. The van der Waals surface area contributed by atoms with Crippen LogP contribution in [0.25, 0.3) is 0 Å². The second-order valence-electron chi connectivity index (χ2n) is 6.14. The lowest BCUT2D eigenvalue weighted by atomic mass is 10.2. The third-order valence-corrected chi connectivity index (χ3v) is 4.77. The molecule has 2 amide bonds. The molecule has 0 bridgehead atoms. The number of nitrogens with zero attached hydrogens (tertiary/aromatic N) is 5. The predicted octanol–water partition coefficient (Wildman–Crippen LogP) is 1.96. The minimum Gasteiger partial charge on any atom is -0.354 e. The van der Waals surface area contributed by atoms with Crippen molar-refractivity contribution in [2.45, 2.75) is 18.8 Å². The van der Waals surface area contributed by atoms with Gasteiger partial charge < -0.3 is 16.0 Å². The summed E-state index contributed by atoms with van der Waals surface area (Å²) in [6.45, 7) is 0. The average Bonchev–Trinajstić information content (AvgIpc) is 3.47. The maximum absolute atomic E-state index is 13.0. The van der Waals surface area contributed by atoms with Crippen LogP contribution < -0.4 is 16.0 Å². The van der Waals surface area contributed by atoms with E-state index in [-0.39, 0.29) is 16.4 Å². The van der Waals surface area contributed by atoms with E-state index in [1.165, 1.54) is 13.4 Å². The number of anilines is 3. The van der Waals surface area contributed by atoms with Gasteiger partial charge in [-0.3, -0.25) is 9.59 Å². The zero-order valence-corrected chi connectivity index (χ0v) is 15.7. The Morgan fingerprint density at radius 2 is 1.89 bits per heavy atom.